The summed E-state index contributed by atoms with van der Waals surface area (Å²) in [4.78, 5) is 10.1. The molecule has 20 heavy (non-hydrogen) atoms. The first-order valence-electron chi connectivity index (χ1n) is 5.32. The molecule has 0 aliphatic heterocycles. The van der Waals surface area contributed by atoms with Gasteiger partial charge in [0.2, 0.25) is 5.75 Å². The molecule has 2 aromatic rings. The van der Waals surface area contributed by atoms with Gasteiger partial charge in [0.15, 0.2) is 0 Å². The quantitative estimate of drug-likeness (QED) is 0.631. The molecular weight excluding hydrogens is 287 g/mol. The monoisotopic (exact) mass is 292 g/mol. The third-order valence-electron chi connectivity index (χ3n) is 2.40. The van der Waals surface area contributed by atoms with Gasteiger partial charge in [0.1, 0.15) is 11.6 Å². The number of halogens is 2. The largest absolute Gasteiger partial charge is 0.449 e. The summed E-state index contributed by atoms with van der Waals surface area (Å²) in [6.07, 6.45) is 0. The van der Waals surface area contributed by atoms with E-state index < -0.39 is 16.4 Å². The Labute approximate surface area is 117 Å². The predicted molar refractivity (Wildman–Crippen MR) is 69.3 cm³/mol. The molecule has 0 amide bonds. The van der Waals surface area contributed by atoms with Crippen molar-refractivity contribution >= 4 is 17.3 Å². The highest BCUT2D eigenvalue weighted by molar-refractivity contribution is 6.32. The zero-order valence-electron chi connectivity index (χ0n) is 9.84. The van der Waals surface area contributed by atoms with Gasteiger partial charge in [-0.1, -0.05) is 11.6 Å². The molecule has 0 fully saturated rings. The molecule has 100 valence electrons. The van der Waals surface area contributed by atoms with Gasteiger partial charge in [0.25, 0.3) is 0 Å². The first-order chi connectivity index (χ1) is 9.51. The summed E-state index contributed by atoms with van der Waals surface area (Å²) in [7, 11) is 0. The lowest BCUT2D eigenvalue weighted by Crippen LogP contribution is -1.95. The fourth-order valence-electron chi connectivity index (χ4n) is 1.49. The molecule has 5 nitrogen and oxygen atoms in total. The van der Waals surface area contributed by atoms with E-state index in [0.29, 0.717) is 5.56 Å². The van der Waals surface area contributed by atoms with Crippen LogP contribution in [0.4, 0.5) is 10.1 Å². The van der Waals surface area contributed by atoms with Gasteiger partial charge in [-0.2, -0.15) is 5.26 Å². The van der Waals surface area contributed by atoms with Crippen molar-refractivity contribution in [1.29, 1.82) is 5.26 Å². The molecule has 0 atom stereocenters. The smallest absolute Gasteiger partial charge is 0.314 e. The third kappa shape index (κ3) is 2.84. The second-order valence-electron chi connectivity index (χ2n) is 3.73. The minimum Gasteiger partial charge on any atom is -0.449 e. The molecule has 0 aliphatic carbocycles. The number of benzene rings is 2. The molecule has 0 heterocycles. The lowest BCUT2D eigenvalue weighted by atomic mass is 10.2. The first-order valence-corrected chi connectivity index (χ1v) is 5.70. The molecule has 0 saturated carbocycles. The lowest BCUT2D eigenvalue weighted by molar-refractivity contribution is -0.385. The van der Waals surface area contributed by atoms with E-state index in [1.807, 2.05) is 6.07 Å². The van der Waals surface area contributed by atoms with Crippen LogP contribution in [0.15, 0.2) is 36.4 Å². The van der Waals surface area contributed by atoms with E-state index >= 15 is 0 Å². The van der Waals surface area contributed by atoms with Crippen molar-refractivity contribution in [3.63, 3.8) is 0 Å². The summed E-state index contributed by atoms with van der Waals surface area (Å²) in [6, 6.07) is 9.07. The maximum absolute atomic E-state index is 13.0. The van der Waals surface area contributed by atoms with Crippen LogP contribution in [-0.2, 0) is 0 Å². The van der Waals surface area contributed by atoms with E-state index in [1.54, 1.807) is 0 Å². The first kappa shape index (κ1) is 13.8. The molecule has 0 saturated heterocycles. The van der Waals surface area contributed by atoms with Crippen LogP contribution >= 0.6 is 11.6 Å². The van der Waals surface area contributed by atoms with Crippen LogP contribution in [0.25, 0.3) is 0 Å². The maximum atomic E-state index is 13.0. The Morgan fingerprint density at radius 2 is 1.95 bits per heavy atom. The van der Waals surface area contributed by atoms with Gasteiger partial charge in [-0.25, -0.2) is 4.39 Å². The Bertz CT molecular complexity index is 728. The van der Waals surface area contributed by atoms with Crippen molar-refractivity contribution in [2.45, 2.75) is 0 Å². The minimum absolute atomic E-state index is 0.127. The topological polar surface area (TPSA) is 76.2 Å². The summed E-state index contributed by atoms with van der Waals surface area (Å²) in [6.45, 7) is 0. The van der Waals surface area contributed by atoms with E-state index in [0.717, 1.165) is 18.2 Å². The molecule has 0 spiro atoms. The van der Waals surface area contributed by atoms with Crippen LogP contribution in [0.1, 0.15) is 5.56 Å². The molecule has 0 bridgehead atoms. The zero-order valence-corrected chi connectivity index (χ0v) is 10.6. The average molecular weight is 293 g/mol. The summed E-state index contributed by atoms with van der Waals surface area (Å²) in [5.41, 5.74) is -0.179. The molecule has 2 aromatic carbocycles. The van der Waals surface area contributed by atoms with Crippen molar-refractivity contribution in [2.75, 3.05) is 0 Å². The molecule has 0 unspecified atom stereocenters. The van der Waals surface area contributed by atoms with E-state index in [2.05, 4.69) is 0 Å². The standard InChI is InChI=1S/C13H6ClFN2O3/c14-10-5-8(7-16)1-3-12(10)20-13-4-2-9(15)6-11(13)17(18)19/h1-6H. The van der Waals surface area contributed by atoms with E-state index in [4.69, 9.17) is 21.6 Å². The summed E-state index contributed by atoms with van der Waals surface area (Å²) in [5.74, 6) is -0.738. The van der Waals surface area contributed by atoms with Crippen molar-refractivity contribution in [3.8, 4) is 17.6 Å². The van der Waals surface area contributed by atoms with Gasteiger partial charge in [-0.15, -0.1) is 0 Å². The van der Waals surface area contributed by atoms with Crippen molar-refractivity contribution < 1.29 is 14.1 Å². The third-order valence-corrected chi connectivity index (χ3v) is 2.69. The van der Waals surface area contributed by atoms with Gasteiger partial charge < -0.3 is 4.74 Å². The van der Waals surface area contributed by atoms with Crippen LogP contribution in [-0.4, -0.2) is 4.92 Å². The number of hydrogen-bond donors (Lipinski definition) is 0. The molecule has 0 aromatic heterocycles. The summed E-state index contributed by atoms with van der Waals surface area (Å²) >= 11 is 5.90. The summed E-state index contributed by atoms with van der Waals surface area (Å²) < 4.78 is 18.3. The Hall–Kier alpha value is -2.65. The van der Waals surface area contributed by atoms with Crippen molar-refractivity contribution in [2.24, 2.45) is 0 Å². The molecule has 0 N–H and O–H groups in total. The lowest BCUT2D eigenvalue weighted by Gasteiger charge is -2.08. The maximum Gasteiger partial charge on any atom is 0.314 e. The second-order valence-corrected chi connectivity index (χ2v) is 4.14. The van der Waals surface area contributed by atoms with Crippen molar-refractivity contribution in [3.05, 3.63) is 62.9 Å². The number of nitrogens with zero attached hydrogens (tertiary/aromatic N) is 2. The highest BCUT2D eigenvalue weighted by atomic mass is 35.5. The van der Waals surface area contributed by atoms with Gasteiger partial charge >= 0.3 is 5.69 Å². The van der Waals surface area contributed by atoms with Crippen LogP contribution in [0.2, 0.25) is 5.02 Å². The van der Waals surface area contributed by atoms with E-state index in [-0.39, 0.29) is 16.5 Å². The summed E-state index contributed by atoms with van der Waals surface area (Å²) in [5, 5.41) is 19.7. The van der Waals surface area contributed by atoms with Gasteiger partial charge in [-0.05, 0) is 30.3 Å². The average Bonchev–Trinajstić information content (AvgIpc) is 2.42. The van der Waals surface area contributed by atoms with Crippen LogP contribution in [0.5, 0.6) is 11.5 Å². The Balaban J connectivity index is 2.40. The highest BCUT2D eigenvalue weighted by Gasteiger charge is 2.18. The molecular formula is C13H6ClFN2O3. The van der Waals surface area contributed by atoms with E-state index in [1.165, 1.54) is 18.2 Å². The molecule has 0 radical (unpaired) electrons. The number of ether oxygens (including phenoxy) is 1. The number of nitro groups is 1. The highest BCUT2D eigenvalue weighted by Crippen LogP contribution is 2.35. The Morgan fingerprint density at radius 1 is 1.25 bits per heavy atom. The predicted octanol–water partition coefficient (Wildman–Crippen LogP) is 4.05. The Morgan fingerprint density at radius 3 is 2.55 bits per heavy atom. The van der Waals surface area contributed by atoms with E-state index in [9.17, 15) is 14.5 Å². The molecule has 7 heteroatoms. The molecule has 2 rings (SSSR count). The SMILES string of the molecule is N#Cc1ccc(Oc2ccc(F)cc2[N+](=O)[O-])c(Cl)c1. The van der Waals surface area contributed by atoms with Crippen LogP contribution < -0.4 is 4.74 Å². The van der Waals surface area contributed by atoms with Crippen LogP contribution in [0, 0.1) is 27.3 Å². The van der Waals surface area contributed by atoms with Gasteiger partial charge in [-0.3, -0.25) is 10.1 Å². The zero-order chi connectivity index (χ0) is 14.7. The van der Waals surface area contributed by atoms with Gasteiger partial charge in [0.05, 0.1) is 27.6 Å². The number of rotatable bonds is 3. The number of hydrogen-bond acceptors (Lipinski definition) is 4. The minimum atomic E-state index is -0.754. The number of nitriles is 1. The normalized spacial score (nSPS) is 9.85. The fraction of sp³-hybridized carbons (Fsp3) is 0. The molecule has 0 aliphatic rings. The van der Waals surface area contributed by atoms with Crippen LogP contribution in [0.3, 0.4) is 0 Å². The Kier molecular flexibility index (Phi) is 3.82. The second kappa shape index (κ2) is 5.55. The fourth-order valence-corrected chi connectivity index (χ4v) is 1.71. The number of nitro benzene ring substituents is 1. The van der Waals surface area contributed by atoms with Crippen molar-refractivity contribution in [1.82, 2.24) is 0 Å². The van der Waals surface area contributed by atoms with Gasteiger partial charge in [0, 0.05) is 0 Å².